The minimum absolute atomic E-state index is 0.0148. The molecule has 1 unspecified atom stereocenters. The fourth-order valence-electron chi connectivity index (χ4n) is 4.10. The molecule has 1 spiro atoms. The first-order valence-corrected chi connectivity index (χ1v) is 11.5. The lowest BCUT2D eigenvalue weighted by molar-refractivity contribution is -0.0250. The summed E-state index contributed by atoms with van der Waals surface area (Å²) in [5.74, 6) is 0. The Morgan fingerprint density at radius 2 is 1.92 bits per heavy atom. The molecule has 3 rings (SSSR count). The van der Waals surface area contributed by atoms with E-state index in [1.165, 1.54) is 11.1 Å². The van der Waals surface area contributed by atoms with Crippen LogP contribution in [0.5, 0.6) is 0 Å². The number of fused-ring (bicyclic) bond motifs is 1. The monoisotopic (exact) mass is 439 g/mol. The molecular weight excluding hydrogens is 410 g/mol. The van der Waals surface area contributed by atoms with Gasteiger partial charge in [-0.3, -0.25) is 0 Å². The van der Waals surface area contributed by atoms with Gasteiger partial charge in [-0.15, -0.1) is 0 Å². The van der Waals surface area contributed by atoms with Gasteiger partial charge >= 0.3 is 0 Å². The lowest BCUT2D eigenvalue weighted by Gasteiger charge is -2.38. The molecule has 1 saturated carbocycles. The maximum absolute atomic E-state index is 12.8. The summed E-state index contributed by atoms with van der Waals surface area (Å²) in [6.07, 6.45) is 5.82. The molecule has 0 N–H and O–H groups in total. The topological polar surface area (TPSA) is 44.6 Å². The summed E-state index contributed by atoms with van der Waals surface area (Å²) in [5, 5.41) is 0. The summed E-state index contributed by atoms with van der Waals surface area (Å²) in [4.78, 5) is 0. The molecule has 1 fully saturated rings. The SMILES string of the molecule is CC(C)O[C@H]1CC[C@]2(CC1)Cc1ccc(Br)cc1C2=N[S+]([O-])C(C)(C)C. The molecule has 0 amide bonds. The van der Waals surface area contributed by atoms with Crippen molar-refractivity contribution in [2.75, 3.05) is 0 Å². The average molecular weight is 440 g/mol. The Labute approximate surface area is 169 Å². The number of benzene rings is 1. The average Bonchev–Trinajstić information content (AvgIpc) is 2.82. The highest BCUT2D eigenvalue weighted by atomic mass is 79.9. The van der Waals surface area contributed by atoms with E-state index in [1.54, 1.807) is 0 Å². The van der Waals surface area contributed by atoms with Gasteiger partial charge in [0.05, 0.1) is 12.2 Å². The van der Waals surface area contributed by atoms with Crippen LogP contribution in [-0.2, 0) is 22.5 Å². The van der Waals surface area contributed by atoms with E-state index in [9.17, 15) is 4.55 Å². The second-order valence-corrected chi connectivity index (χ2v) is 11.8. The third-order valence-corrected chi connectivity index (χ3v) is 7.30. The Morgan fingerprint density at radius 1 is 1.27 bits per heavy atom. The molecule has 5 heteroatoms. The van der Waals surface area contributed by atoms with Gasteiger partial charge in [-0.05, 0) is 84.4 Å². The van der Waals surface area contributed by atoms with Gasteiger partial charge < -0.3 is 9.29 Å². The summed E-state index contributed by atoms with van der Waals surface area (Å²) >= 11 is 2.35. The van der Waals surface area contributed by atoms with Crippen LogP contribution in [-0.4, -0.2) is 27.2 Å². The standard InChI is InChI=1S/C21H30BrNO2S/c1-14(2)25-17-8-10-21(11-9-17)13-15-6-7-16(22)12-18(15)19(21)23-26(24)20(3,4)5/h6-7,12,14,17H,8-11,13H2,1-5H3/t17-,21-,26?. The van der Waals surface area contributed by atoms with E-state index in [0.29, 0.717) is 6.10 Å². The van der Waals surface area contributed by atoms with Gasteiger partial charge in [0.15, 0.2) is 0 Å². The fourth-order valence-corrected chi connectivity index (χ4v) is 5.19. The number of rotatable bonds is 3. The number of hydrogen-bond donors (Lipinski definition) is 0. The van der Waals surface area contributed by atoms with Crippen molar-refractivity contribution in [1.82, 2.24) is 0 Å². The summed E-state index contributed by atoms with van der Waals surface area (Å²) < 4.78 is 24.4. The molecule has 0 aromatic heterocycles. The van der Waals surface area contributed by atoms with E-state index in [1.807, 2.05) is 20.8 Å². The molecule has 0 heterocycles. The van der Waals surface area contributed by atoms with Crippen LogP contribution in [0.4, 0.5) is 0 Å². The molecule has 1 aromatic rings. The fraction of sp³-hybridized carbons (Fsp3) is 0.667. The van der Waals surface area contributed by atoms with Crippen molar-refractivity contribution in [1.29, 1.82) is 0 Å². The second-order valence-electron chi connectivity index (χ2n) is 8.94. The number of nitrogens with zero attached hydrogens (tertiary/aromatic N) is 1. The van der Waals surface area contributed by atoms with Crippen molar-refractivity contribution in [3.8, 4) is 0 Å². The smallest absolute Gasteiger partial charge is 0.144 e. The minimum atomic E-state index is -1.25. The van der Waals surface area contributed by atoms with Crippen molar-refractivity contribution < 1.29 is 9.29 Å². The molecule has 0 bridgehead atoms. The third-order valence-electron chi connectivity index (χ3n) is 5.41. The van der Waals surface area contributed by atoms with Crippen LogP contribution in [0.3, 0.4) is 0 Å². The van der Waals surface area contributed by atoms with Gasteiger partial charge in [0, 0.05) is 15.5 Å². The van der Waals surface area contributed by atoms with E-state index in [0.717, 1.165) is 42.3 Å². The van der Waals surface area contributed by atoms with E-state index >= 15 is 0 Å². The zero-order chi connectivity index (χ0) is 19.1. The van der Waals surface area contributed by atoms with Gasteiger partial charge in [0.2, 0.25) is 0 Å². The first-order valence-electron chi connectivity index (χ1n) is 9.56. The quantitative estimate of drug-likeness (QED) is 0.574. The highest BCUT2D eigenvalue weighted by molar-refractivity contribution is 9.10. The molecule has 3 nitrogen and oxygen atoms in total. The Balaban J connectivity index is 1.94. The normalized spacial score (nSPS) is 28.8. The van der Waals surface area contributed by atoms with E-state index in [-0.39, 0.29) is 16.3 Å². The van der Waals surface area contributed by atoms with Crippen molar-refractivity contribution in [3.63, 3.8) is 0 Å². The predicted octanol–water partition coefficient (Wildman–Crippen LogP) is 5.61. The molecular formula is C21H30BrNO2S. The zero-order valence-electron chi connectivity index (χ0n) is 16.5. The van der Waals surface area contributed by atoms with E-state index in [4.69, 9.17) is 9.13 Å². The molecule has 144 valence electrons. The Kier molecular flexibility index (Phi) is 5.94. The molecule has 0 saturated heterocycles. The highest BCUT2D eigenvalue weighted by Gasteiger charge is 2.48. The van der Waals surface area contributed by atoms with Gasteiger partial charge in [-0.25, -0.2) is 0 Å². The van der Waals surface area contributed by atoms with Crippen molar-refractivity contribution in [2.45, 2.75) is 83.7 Å². The van der Waals surface area contributed by atoms with Gasteiger partial charge in [-0.1, -0.05) is 26.4 Å². The summed E-state index contributed by atoms with van der Waals surface area (Å²) in [7, 11) is 0. The van der Waals surface area contributed by atoms with Crippen molar-refractivity contribution in [2.24, 2.45) is 9.81 Å². The second kappa shape index (κ2) is 7.57. The van der Waals surface area contributed by atoms with Crippen molar-refractivity contribution >= 4 is 33.0 Å². The van der Waals surface area contributed by atoms with Crippen LogP contribution >= 0.6 is 15.9 Å². The van der Waals surface area contributed by atoms with E-state index in [2.05, 4.69) is 48.0 Å². The summed E-state index contributed by atoms with van der Waals surface area (Å²) in [5.41, 5.74) is 3.59. The van der Waals surface area contributed by atoms with Crippen LogP contribution < -0.4 is 0 Å². The summed E-state index contributed by atoms with van der Waals surface area (Å²) in [6.45, 7) is 10.2. The molecule has 2 aliphatic rings. The molecule has 0 radical (unpaired) electrons. The molecule has 0 aliphatic heterocycles. The largest absolute Gasteiger partial charge is 0.591 e. The van der Waals surface area contributed by atoms with Crippen LogP contribution in [0.1, 0.15) is 71.4 Å². The van der Waals surface area contributed by atoms with Crippen LogP contribution in [0.2, 0.25) is 0 Å². The summed E-state index contributed by atoms with van der Waals surface area (Å²) in [6, 6.07) is 6.45. The van der Waals surface area contributed by atoms with Crippen molar-refractivity contribution in [3.05, 3.63) is 33.8 Å². The number of ether oxygens (including phenoxy) is 1. The first-order chi connectivity index (χ1) is 12.1. The third kappa shape index (κ3) is 4.21. The van der Waals surface area contributed by atoms with E-state index < -0.39 is 11.4 Å². The molecule has 26 heavy (non-hydrogen) atoms. The van der Waals surface area contributed by atoms with Crippen LogP contribution in [0.15, 0.2) is 27.1 Å². The first kappa shape index (κ1) is 20.4. The van der Waals surface area contributed by atoms with Crippen LogP contribution in [0, 0.1) is 5.41 Å². The highest BCUT2D eigenvalue weighted by Crippen LogP contribution is 2.49. The predicted molar refractivity (Wildman–Crippen MR) is 113 cm³/mol. The van der Waals surface area contributed by atoms with Crippen LogP contribution in [0.25, 0.3) is 0 Å². The number of halogens is 1. The molecule has 1 aromatic carbocycles. The molecule has 1 atom stereocenters. The maximum atomic E-state index is 12.8. The Bertz CT molecular complexity index is 688. The van der Waals surface area contributed by atoms with Gasteiger partial charge in [0.25, 0.3) is 0 Å². The Hall–Kier alpha value is -0.360. The Morgan fingerprint density at radius 3 is 2.50 bits per heavy atom. The van der Waals surface area contributed by atoms with Gasteiger partial charge in [-0.2, -0.15) is 0 Å². The minimum Gasteiger partial charge on any atom is -0.591 e. The van der Waals surface area contributed by atoms with Gasteiger partial charge in [0.1, 0.15) is 21.8 Å². The zero-order valence-corrected chi connectivity index (χ0v) is 18.9. The number of hydrogen-bond acceptors (Lipinski definition) is 3. The lowest BCUT2D eigenvalue weighted by atomic mass is 9.70. The lowest BCUT2D eigenvalue weighted by Crippen LogP contribution is -2.38. The maximum Gasteiger partial charge on any atom is 0.144 e. The molecule has 2 aliphatic carbocycles.